The minimum atomic E-state index is -0.292. The van der Waals surface area contributed by atoms with Crippen LogP contribution in [-0.4, -0.2) is 17.4 Å². The first-order valence-corrected chi connectivity index (χ1v) is 6.19. The number of thiazole rings is 1. The van der Waals surface area contributed by atoms with E-state index in [9.17, 15) is 9.18 Å². The number of carbonyl (C=O) groups excluding carboxylic acids is 1. The highest BCUT2D eigenvalue weighted by Gasteiger charge is 2.10. The molecule has 0 aliphatic rings. The third-order valence-electron chi connectivity index (χ3n) is 2.23. The molecule has 0 saturated carbocycles. The van der Waals surface area contributed by atoms with Crippen LogP contribution in [0.1, 0.15) is 10.5 Å². The van der Waals surface area contributed by atoms with E-state index in [2.05, 4.69) is 16.9 Å². The van der Waals surface area contributed by atoms with Crippen molar-refractivity contribution in [2.24, 2.45) is 0 Å². The molecule has 1 heterocycles. The summed E-state index contributed by atoms with van der Waals surface area (Å²) in [4.78, 5) is 15.8. The van der Waals surface area contributed by atoms with Gasteiger partial charge in [-0.1, -0.05) is 6.08 Å². The number of nitrogens with zero attached hydrogens (tertiary/aromatic N) is 1. The van der Waals surface area contributed by atoms with E-state index in [4.69, 9.17) is 0 Å². The van der Waals surface area contributed by atoms with Gasteiger partial charge in [-0.15, -0.1) is 17.9 Å². The fraction of sp³-hybridized carbons (Fsp3) is 0.0769. The number of hydrogen-bond acceptors (Lipinski definition) is 3. The molecule has 0 fully saturated rings. The molecule has 0 saturated heterocycles. The summed E-state index contributed by atoms with van der Waals surface area (Å²) in [5.74, 6) is -0.529. The third-order valence-corrected chi connectivity index (χ3v) is 3.13. The van der Waals surface area contributed by atoms with Gasteiger partial charge in [0.15, 0.2) is 0 Å². The smallest absolute Gasteiger partial charge is 0.271 e. The first kappa shape index (κ1) is 12.4. The van der Waals surface area contributed by atoms with Gasteiger partial charge in [0, 0.05) is 17.5 Å². The van der Waals surface area contributed by atoms with Crippen LogP contribution in [0.3, 0.4) is 0 Å². The van der Waals surface area contributed by atoms with E-state index in [-0.39, 0.29) is 11.7 Å². The molecule has 18 heavy (non-hydrogen) atoms. The van der Waals surface area contributed by atoms with Gasteiger partial charge in [0.25, 0.3) is 5.91 Å². The van der Waals surface area contributed by atoms with Crippen LogP contribution in [0.4, 0.5) is 4.39 Å². The summed E-state index contributed by atoms with van der Waals surface area (Å²) in [6.45, 7) is 3.92. The maximum absolute atomic E-state index is 12.8. The summed E-state index contributed by atoms with van der Waals surface area (Å²) in [6.07, 6.45) is 1.60. The molecule has 5 heteroatoms. The van der Waals surface area contributed by atoms with E-state index < -0.39 is 0 Å². The Morgan fingerprint density at radius 3 is 2.83 bits per heavy atom. The topological polar surface area (TPSA) is 42.0 Å². The zero-order valence-corrected chi connectivity index (χ0v) is 10.3. The summed E-state index contributed by atoms with van der Waals surface area (Å²) < 4.78 is 12.8. The minimum Gasteiger partial charge on any atom is -0.347 e. The van der Waals surface area contributed by atoms with Crippen LogP contribution >= 0.6 is 11.3 Å². The molecular formula is C13H11FN2OS. The van der Waals surface area contributed by atoms with Crippen molar-refractivity contribution < 1.29 is 9.18 Å². The first-order chi connectivity index (χ1) is 8.70. The van der Waals surface area contributed by atoms with Gasteiger partial charge in [-0.05, 0) is 24.3 Å². The number of benzene rings is 1. The molecule has 92 valence electrons. The van der Waals surface area contributed by atoms with Crippen LogP contribution in [0, 0.1) is 5.82 Å². The lowest BCUT2D eigenvalue weighted by atomic mass is 10.2. The fourth-order valence-electron chi connectivity index (χ4n) is 1.36. The Hall–Kier alpha value is -2.01. The summed E-state index contributed by atoms with van der Waals surface area (Å²) in [7, 11) is 0. The lowest BCUT2D eigenvalue weighted by Crippen LogP contribution is -2.23. The zero-order valence-electron chi connectivity index (χ0n) is 9.52. The molecule has 0 bridgehead atoms. The largest absolute Gasteiger partial charge is 0.347 e. The Balaban J connectivity index is 2.17. The zero-order chi connectivity index (χ0) is 13.0. The monoisotopic (exact) mass is 262 g/mol. The maximum Gasteiger partial charge on any atom is 0.271 e. The van der Waals surface area contributed by atoms with Gasteiger partial charge >= 0.3 is 0 Å². The van der Waals surface area contributed by atoms with Crippen LogP contribution in [0.5, 0.6) is 0 Å². The molecule has 3 nitrogen and oxygen atoms in total. The lowest BCUT2D eigenvalue weighted by Gasteiger charge is -1.98. The second-order valence-corrected chi connectivity index (χ2v) is 4.40. The Labute approximate surface area is 108 Å². The molecule has 0 unspecified atom stereocenters. The van der Waals surface area contributed by atoms with E-state index in [0.29, 0.717) is 17.2 Å². The predicted molar refractivity (Wildman–Crippen MR) is 70.0 cm³/mol. The average Bonchev–Trinajstić information content (AvgIpc) is 2.86. The molecular weight excluding hydrogens is 251 g/mol. The van der Waals surface area contributed by atoms with E-state index in [1.807, 2.05) is 0 Å². The number of halogens is 1. The minimum absolute atomic E-state index is 0.237. The van der Waals surface area contributed by atoms with Crippen molar-refractivity contribution in [1.29, 1.82) is 0 Å². The van der Waals surface area contributed by atoms with Crippen LogP contribution < -0.4 is 5.32 Å². The molecule has 1 aromatic carbocycles. The summed E-state index contributed by atoms with van der Waals surface area (Å²) in [6, 6.07) is 6.02. The van der Waals surface area contributed by atoms with Crippen molar-refractivity contribution in [3.63, 3.8) is 0 Å². The van der Waals surface area contributed by atoms with E-state index in [0.717, 1.165) is 5.56 Å². The van der Waals surface area contributed by atoms with Gasteiger partial charge in [0.05, 0.1) is 0 Å². The number of carbonyl (C=O) groups is 1. The van der Waals surface area contributed by atoms with Crippen molar-refractivity contribution in [3.8, 4) is 10.6 Å². The molecule has 0 aliphatic heterocycles. The molecule has 1 amide bonds. The number of hydrogen-bond donors (Lipinski definition) is 1. The van der Waals surface area contributed by atoms with Gasteiger partial charge in [0.1, 0.15) is 16.5 Å². The second-order valence-electron chi connectivity index (χ2n) is 3.54. The van der Waals surface area contributed by atoms with E-state index >= 15 is 0 Å². The van der Waals surface area contributed by atoms with Crippen molar-refractivity contribution in [3.05, 3.63) is 53.8 Å². The Bertz CT molecular complexity index is 563. The molecule has 0 spiro atoms. The molecule has 2 aromatic rings. The fourth-order valence-corrected chi connectivity index (χ4v) is 2.16. The van der Waals surface area contributed by atoms with Crippen molar-refractivity contribution in [1.82, 2.24) is 10.3 Å². The van der Waals surface area contributed by atoms with E-state index in [1.165, 1.54) is 23.5 Å². The maximum atomic E-state index is 12.8. The predicted octanol–water partition coefficient (Wildman–Crippen LogP) is 2.87. The van der Waals surface area contributed by atoms with Crippen molar-refractivity contribution in [2.75, 3.05) is 6.54 Å². The molecule has 1 aromatic heterocycles. The van der Waals surface area contributed by atoms with Crippen LogP contribution in [0.2, 0.25) is 0 Å². The van der Waals surface area contributed by atoms with Crippen LogP contribution in [-0.2, 0) is 0 Å². The number of rotatable bonds is 4. The standard InChI is InChI=1S/C13H11FN2OS/c1-2-7-15-12(17)11-8-18-13(16-11)9-3-5-10(14)6-4-9/h2-6,8H,1,7H2,(H,15,17). The molecule has 1 N–H and O–H groups in total. The second kappa shape index (κ2) is 5.55. The molecule has 0 aliphatic carbocycles. The van der Waals surface area contributed by atoms with Crippen molar-refractivity contribution >= 4 is 17.2 Å². The Morgan fingerprint density at radius 2 is 2.17 bits per heavy atom. The number of amides is 1. The highest BCUT2D eigenvalue weighted by molar-refractivity contribution is 7.13. The number of nitrogens with one attached hydrogen (secondary N) is 1. The summed E-state index contributed by atoms with van der Waals surface area (Å²) in [5.41, 5.74) is 1.16. The highest BCUT2D eigenvalue weighted by Crippen LogP contribution is 2.23. The van der Waals surface area contributed by atoms with Crippen molar-refractivity contribution in [2.45, 2.75) is 0 Å². The Kier molecular flexibility index (Phi) is 3.84. The quantitative estimate of drug-likeness (QED) is 0.861. The average molecular weight is 262 g/mol. The Morgan fingerprint density at radius 1 is 1.44 bits per heavy atom. The van der Waals surface area contributed by atoms with Gasteiger partial charge in [-0.3, -0.25) is 4.79 Å². The van der Waals surface area contributed by atoms with Gasteiger partial charge < -0.3 is 5.32 Å². The molecule has 0 radical (unpaired) electrons. The first-order valence-electron chi connectivity index (χ1n) is 5.31. The molecule has 2 rings (SSSR count). The molecule has 0 atom stereocenters. The normalized spacial score (nSPS) is 10.1. The van der Waals surface area contributed by atoms with Crippen LogP contribution in [0.15, 0.2) is 42.3 Å². The van der Waals surface area contributed by atoms with Gasteiger partial charge in [-0.2, -0.15) is 0 Å². The third kappa shape index (κ3) is 2.81. The summed E-state index contributed by atoms with van der Waals surface area (Å²) in [5, 5.41) is 5.02. The van der Waals surface area contributed by atoms with Gasteiger partial charge in [0.2, 0.25) is 0 Å². The van der Waals surface area contributed by atoms with Crippen LogP contribution in [0.25, 0.3) is 10.6 Å². The SMILES string of the molecule is C=CCNC(=O)c1csc(-c2ccc(F)cc2)n1. The summed E-state index contributed by atoms with van der Waals surface area (Å²) >= 11 is 1.35. The highest BCUT2D eigenvalue weighted by atomic mass is 32.1. The number of aromatic nitrogens is 1. The lowest BCUT2D eigenvalue weighted by molar-refractivity contribution is 0.0954. The van der Waals surface area contributed by atoms with Gasteiger partial charge in [-0.25, -0.2) is 9.37 Å². The van der Waals surface area contributed by atoms with E-state index in [1.54, 1.807) is 23.6 Å².